The number of carbonyl (C=O) groups excluding carboxylic acids is 2. The lowest BCUT2D eigenvalue weighted by atomic mass is 9.97. The molecule has 4 nitrogen and oxygen atoms in total. The number of aryl methyl sites for hydroxylation is 1. The van der Waals surface area contributed by atoms with E-state index < -0.39 is 0 Å². The molecule has 4 heteroatoms. The third-order valence-electron chi connectivity index (χ3n) is 3.78. The van der Waals surface area contributed by atoms with E-state index in [1.54, 1.807) is 4.90 Å². The minimum atomic E-state index is -0.210. The third kappa shape index (κ3) is 3.59. The van der Waals surface area contributed by atoms with Crippen molar-refractivity contribution < 1.29 is 14.3 Å². The fourth-order valence-corrected chi connectivity index (χ4v) is 2.56. The topological polar surface area (TPSA) is 46.6 Å². The second-order valence-electron chi connectivity index (χ2n) is 5.36. The highest BCUT2D eigenvalue weighted by Crippen LogP contribution is 2.18. The van der Waals surface area contributed by atoms with Crippen LogP contribution in [0.25, 0.3) is 0 Å². The van der Waals surface area contributed by atoms with Gasteiger partial charge in [0.15, 0.2) is 0 Å². The SMILES string of the molecule is COC(=O)C1CCCN(C(=O)Cc2ccc(C)cc2)C1. The van der Waals surface area contributed by atoms with Crippen molar-refractivity contribution in [1.29, 1.82) is 0 Å². The number of hydrogen-bond donors (Lipinski definition) is 0. The molecule has 0 saturated carbocycles. The molecule has 0 aromatic heterocycles. The Morgan fingerprint density at radius 2 is 2.00 bits per heavy atom. The normalized spacial score (nSPS) is 18.7. The fourth-order valence-electron chi connectivity index (χ4n) is 2.56. The van der Waals surface area contributed by atoms with Gasteiger partial charge in [0.2, 0.25) is 5.91 Å². The average Bonchev–Trinajstić information content (AvgIpc) is 2.49. The summed E-state index contributed by atoms with van der Waals surface area (Å²) in [6.07, 6.45) is 2.06. The minimum Gasteiger partial charge on any atom is -0.469 e. The summed E-state index contributed by atoms with van der Waals surface area (Å²) in [6, 6.07) is 7.98. The maximum atomic E-state index is 12.3. The van der Waals surface area contributed by atoms with Gasteiger partial charge in [0.25, 0.3) is 0 Å². The number of ether oxygens (including phenoxy) is 1. The maximum Gasteiger partial charge on any atom is 0.310 e. The van der Waals surface area contributed by atoms with E-state index in [1.807, 2.05) is 31.2 Å². The van der Waals surface area contributed by atoms with Crippen LogP contribution in [0.5, 0.6) is 0 Å². The van der Waals surface area contributed by atoms with Gasteiger partial charge in [-0.05, 0) is 25.3 Å². The van der Waals surface area contributed by atoms with Crippen LogP contribution >= 0.6 is 0 Å². The van der Waals surface area contributed by atoms with E-state index in [-0.39, 0.29) is 17.8 Å². The van der Waals surface area contributed by atoms with E-state index in [2.05, 4.69) is 0 Å². The van der Waals surface area contributed by atoms with Gasteiger partial charge in [0, 0.05) is 13.1 Å². The Bertz CT molecular complexity index is 481. The molecule has 1 aromatic carbocycles. The summed E-state index contributed by atoms with van der Waals surface area (Å²) in [6.45, 7) is 3.24. The summed E-state index contributed by atoms with van der Waals surface area (Å²) in [5.41, 5.74) is 2.20. The van der Waals surface area contributed by atoms with Gasteiger partial charge in [0.1, 0.15) is 0 Å². The van der Waals surface area contributed by atoms with Crippen molar-refractivity contribution in [1.82, 2.24) is 4.90 Å². The highest BCUT2D eigenvalue weighted by atomic mass is 16.5. The summed E-state index contributed by atoms with van der Waals surface area (Å²) in [5, 5.41) is 0. The van der Waals surface area contributed by atoms with E-state index >= 15 is 0 Å². The van der Waals surface area contributed by atoms with Crippen molar-refractivity contribution >= 4 is 11.9 Å². The Hall–Kier alpha value is -1.84. The Labute approximate surface area is 119 Å². The Morgan fingerprint density at radius 3 is 2.65 bits per heavy atom. The Balaban J connectivity index is 1.95. The molecule has 0 spiro atoms. The van der Waals surface area contributed by atoms with Crippen LogP contribution in [0.4, 0.5) is 0 Å². The van der Waals surface area contributed by atoms with Gasteiger partial charge in [-0.1, -0.05) is 29.8 Å². The summed E-state index contributed by atoms with van der Waals surface area (Å²) >= 11 is 0. The van der Waals surface area contributed by atoms with Crippen molar-refractivity contribution in [3.63, 3.8) is 0 Å². The third-order valence-corrected chi connectivity index (χ3v) is 3.78. The first-order valence-corrected chi connectivity index (χ1v) is 7.01. The molecule has 0 bridgehead atoms. The maximum absolute atomic E-state index is 12.3. The zero-order chi connectivity index (χ0) is 14.5. The van der Waals surface area contributed by atoms with Crippen LogP contribution in [0.3, 0.4) is 0 Å². The summed E-state index contributed by atoms with van der Waals surface area (Å²) in [5.74, 6) is -0.295. The molecule has 1 aliphatic heterocycles. The van der Waals surface area contributed by atoms with E-state index in [0.29, 0.717) is 13.0 Å². The Morgan fingerprint density at radius 1 is 1.30 bits per heavy atom. The molecule has 0 radical (unpaired) electrons. The lowest BCUT2D eigenvalue weighted by Gasteiger charge is -2.31. The number of likely N-dealkylation sites (tertiary alicyclic amines) is 1. The van der Waals surface area contributed by atoms with E-state index in [0.717, 1.165) is 24.9 Å². The predicted octanol–water partition coefficient (Wildman–Crippen LogP) is 1.95. The standard InChI is InChI=1S/C16H21NO3/c1-12-5-7-13(8-6-12)10-15(18)17-9-3-4-14(11-17)16(19)20-2/h5-8,14H,3-4,9-11H2,1-2H3. The molecule has 1 saturated heterocycles. The van der Waals surface area contributed by atoms with Crippen molar-refractivity contribution in [2.45, 2.75) is 26.2 Å². The highest BCUT2D eigenvalue weighted by Gasteiger charge is 2.28. The first kappa shape index (κ1) is 14.6. The number of rotatable bonds is 3. The average molecular weight is 275 g/mol. The van der Waals surface area contributed by atoms with Gasteiger partial charge in [-0.25, -0.2) is 0 Å². The van der Waals surface area contributed by atoms with Crippen LogP contribution in [0.2, 0.25) is 0 Å². The number of esters is 1. The van der Waals surface area contributed by atoms with Crippen molar-refractivity contribution in [3.8, 4) is 0 Å². The monoisotopic (exact) mass is 275 g/mol. The second-order valence-corrected chi connectivity index (χ2v) is 5.36. The predicted molar refractivity (Wildman–Crippen MR) is 76.2 cm³/mol. The zero-order valence-corrected chi connectivity index (χ0v) is 12.1. The van der Waals surface area contributed by atoms with Crippen LogP contribution in [-0.2, 0) is 20.7 Å². The molecule has 1 atom stereocenters. The lowest BCUT2D eigenvalue weighted by Crippen LogP contribution is -2.43. The molecule has 1 fully saturated rings. The van der Waals surface area contributed by atoms with Crippen molar-refractivity contribution in [3.05, 3.63) is 35.4 Å². The van der Waals surface area contributed by atoms with Gasteiger partial charge in [-0.2, -0.15) is 0 Å². The first-order chi connectivity index (χ1) is 9.60. The van der Waals surface area contributed by atoms with Crippen LogP contribution in [-0.4, -0.2) is 37.0 Å². The molecule has 1 heterocycles. The molecule has 2 rings (SSSR count). The molecular formula is C16H21NO3. The fraction of sp³-hybridized carbons (Fsp3) is 0.500. The van der Waals surface area contributed by atoms with Crippen LogP contribution < -0.4 is 0 Å². The number of piperidine rings is 1. The second kappa shape index (κ2) is 6.55. The highest BCUT2D eigenvalue weighted by molar-refractivity contribution is 5.80. The smallest absolute Gasteiger partial charge is 0.310 e. The number of nitrogens with zero attached hydrogens (tertiary/aromatic N) is 1. The number of benzene rings is 1. The molecule has 1 aliphatic rings. The molecule has 108 valence electrons. The first-order valence-electron chi connectivity index (χ1n) is 7.01. The molecular weight excluding hydrogens is 254 g/mol. The van der Waals surface area contributed by atoms with Gasteiger partial charge in [-0.3, -0.25) is 9.59 Å². The number of carbonyl (C=O) groups is 2. The molecule has 1 unspecified atom stereocenters. The van der Waals surface area contributed by atoms with Gasteiger partial charge in [-0.15, -0.1) is 0 Å². The Kier molecular flexibility index (Phi) is 4.77. The van der Waals surface area contributed by atoms with Crippen LogP contribution in [0.15, 0.2) is 24.3 Å². The van der Waals surface area contributed by atoms with Gasteiger partial charge in [0.05, 0.1) is 19.4 Å². The number of methoxy groups -OCH3 is 1. The molecule has 1 amide bonds. The molecule has 1 aromatic rings. The van der Waals surface area contributed by atoms with Gasteiger partial charge >= 0.3 is 5.97 Å². The van der Waals surface area contributed by atoms with Crippen LogP contribution in [0, 0.1) is 12.8 Å². The number of amides is 1. The summed E-state index contributed by atoms with van der Waals surface area (Å²) < 4.78 is 4.77. The van der Waals surface area contributed by atoms with E-state index in [9.17, 15) is 9.59 Å². The summed E-state index contributed by atoms with van der Waals surface area (Å²) in [7, 11) is 1.40. The minimum absolute atomic E-state index is 0.0856. The molecule has 0 aliphatic carbocycles. The van der Waals surface area contributed by atoms with Gasteiger partial charge < -0.3 is 9.64 Å². The molecule has 0 N–H and O–H groups in total. The molecule has 20 heavy (non-hydrogen) atoms. The zero-order valence-electron chi connectivity index (χ0n) is 12.1. The van der Waals surface area contributed by atoms with E-state index in [1.165, 1.54) is 12.7 Å². The van der Waals surface area contributed by atoms with Crippen molar-refractivity contribution in [2.24, 2.45) is 5.92 Å². The lowest BCUT2D eigenvalue weighted by molar-refractivity contribution is -0.148. The van der Waals surface area contributed by atoms with E-state index in [4.69, 9.17) is 4.74 Å². The van der Waals surface area contributed by atoms with Crippen LogP contribution in [0.1, 0.15) is 24.0 Å². The quantitative estimate of drug-likeness (QED) is 0.792. The number of hydrogen-bond acceptors (Lipinski definition) is 3. The summed E-state index contributed by atoms with van der Waals surface area (Å²) in [4.78, 5) is 25.6. The largest absolute Gasteiger partial charge is 0.469 e. The van der Waals surface area contributed by atoms with Crippen molar-refractivity contribution in [2.75, 3.05) is 20.2 Å².